The molecular weight excluding hydrogens is 174 g/mol. The molecule has 0 saturated carbocycles. The lowest BCUT2D eigenvalue weighted by molar-refractivity contribution is 0.00810. The van der Waals surface area contributed by atoms with Crippen LogP contribution >= 0.6 is 0 Å². The van der Waals surface area contributed by atoms with Crippen LogP contribution in [0.3, 0.4) is 0 Å². The number of morpholine rings is 1. The van der Waals surface area contributed by atoms with Gasteiger partial charge < -0.3 is 4.74 Å². The van der Waals surface area contributed by atoms with Crippen molar-refractivity contribution in [2.75, 3.05) is 26.3 Å². The lowest BCUT2D eigenvalue weighted by Crippen LogP contribution is -2.44. The smallest absolute Gasteiger partial charge is 0.0594 e. The number of unbranched alkanes of at least 4 members (excludes halogenated alkanes) is 1. The van der Waals surface area contributed by atoms with E-state index >= 15 is 0 Å². The van der Waals surface area contributed by atoms with E-state index in [1.807, 2.05) is 0 Å². The molecular formula is C12H25NO. The predicted molar refractivity (Wildman–Crippen MR) is 60.5 cm³/mol. The summed E-state index contributed by atoms with van der Waals surface area (Å²) in [5.41, 5.74) is 0. The van der Waals surface area contributed by atoms with Gasteiger partial charge in [-0.3, -0.25) is 4.90 Å². The average molecular weight is 199 g/mol. The molecule has 0 bridgehead atoms. The largest absolute Gasteiger partial charge is 0.379 e. The number of hydrogen-bond acceptors (Lipinski definition) is 2. The van der Waals surface area contributed by atoms with E-state index in [4.69, 9.17) is 4.74 Å². The number of nitrogens with zero attached hydrogens (tertiary/aromatic N) is 1. The summed E-state index contributed by atoms with van der Waals surface area (Å²) in [7, 11) is 0. The van der Waals surface area contributed by atoms with Gasteiger partial charge in [0.2, 0.25) is 0 Å². The van der Waals surface area contributed by atoms with E-state index in [1.165, 1.54) is 19.3 Å². The van der Waals surface area contributed by atoms with Crippen LogP contribution in [-0.4, -0.2) is 37.2 Å². The molecule has 1 unspecified atom stereocenters. The Kier molecular flexibility index (Phi) is 5.49. The van der Waals surface area contributed by atoms with E-state index < -0.39 is 0 Å². The van der Waals surface area contributed by atoms with Gasteiger partial charge in [-0.15, -0.1) is 0 Å². The van der Waals surface area contributed by atoms with Crippen molar-refractivity contribution in [1.29, 1.82) is 0 Å². The van der Waals surface area contributed by atoms with Gasteiger partial charge in [0.25, 0.3) is 0 Å². The molecule has 0 spiro atoms. The lowest BCUT2D eigenvalue weighted by Gasteiger charge is -2.35. The zero-order chi connectivity index (χ0) is 10.4. The summed E-state index contributed by atoms with van der Waals surface area (Å²) in [4.78, 5) is 2.57. The molecule has 0 radical (unpaired) electrons. The van der Waals surface area contributed by atoms with Crippen LogP contribution in [0.1, 0.15) is 40.0 Å². The normalized spacial score (nSPS) is 23.4. The van der Waals surface area contributed by atoms with Crippen molar-refractivity contribution in [3.05, 3.63) is 0 Å². The third-order valence-corrected chi connectivity index (χ3v) is 3.46. The van der Waals surface area contributed by atoms with Crippen molar-refractivity contribution in [3.63, 3.8) is 0 Å². The SMILES string of the molecule is CCCCC(C)[C@H](C)N1CCOCC1. The van der Waals surface area contributed by atoms with Crippen LogP contribution in [0.5, 0.6) is 0 Å². The van der Waals surface area contributed by atoms with Crippen LogP contribution in [0.15, 0.2) is 0 Å². The lowest BCUT2D eigenvalue weighted by atomic mass is 9.95. The summed E-state index contributed by atoms with van der Waals surface area (Å²) in [5.74, 6) is 0.827. The molecule has 1 heterocycles. The summed E-state index contributed by atoms with van der Waals surface area (Å²) in [6, 6.07) is 0.727. The minimum absolute atomic E-state index is 0.727. The van der Waals surface area contributed by atoms with Crippen molar-refractivity contribution in [2.24, 2.45) is 5.92 Å². The van der Waals surface area contributed by atoms with Gasteiger partial charge in [-0.25, -0.2) is 0 Å². The minimum Gasteiger partial charge on any atom is -0.379 e. The average Bonchev–Trinajstić information content (AvgIpc) is 2.26. The van der Waals surface area contributed by atoms with E-state index in [2.05, 4.69) is 25.7 Å². The first-order valence-electron chi connectivity index (χ1n) is 6.07. The molecule has 2 nitrogen and oxygen atoms in total. The van der Waals surface area contributed by atoms with Gasteiger partial charge in [0.1, 0.15) is 0 Å². The van der Waals surface area contributed by atoms with Crippen molar-refractivity contribution in [1.82, 2.24) is 4.90 Å². The van der Waals surface area contributed by atoms with E-state index in [1.54, 1.807) is 0 Å². The number of rotatable bonds is 5. The van der Waals surface area contributed by atoms with Crippen molar-refractivity contribution in [3.8, 4) is 0 Å². The second-order valence-electron chi connectivity index (χ2n) is 4.51. The zero-order valence-corrected chi connectivity index (χ0v) is 9.96. The van der Waals surface area contributed by atoms with Gasteiger partial charge >= 0.3 is 0 Å². The summed E-state index contributed by atoms with van der Waals surface area (Å²) < 4.78 is 5.37. The molecule has 1 saturated heterocycles. The third-order valence-electron chi connectivity index (χ3n) is 3.46. The fourth-order valence-corrected chi connectivity index (χ4v) is 2.11. The Labute approximate surface area is 88.6 Å². The quantitative estimate of drug-likeness (QED) is 0.674. The fraction of sp³-hybridized carbons (Fsp3) is 1.00. The summed E-state index contributed by atoms with van der Waals surface area (Å²) in [6.07, 6.45) is 4.06. The van der Waals surface area contributed by atoms with Gasteiger partial charge in [0.15, 0.2) is 0 Å². The molecule has 0 aliphatic carbocycles. The van der Waals surface area contributed by atoms with Crippen LogP contribution in [0.25, 0.3) is 0 Å². The van der Waals surface area contributed by atoms with E-state index in [0.29, 0.717) is 0 Å². The Bertz CT molecular complexity index is 143. The summed E-state index contributed by atoms with van der Waals surface area (Å²) in [6.45, 7) is 11.1. The number of hydrogen-bond donors (Lipinski definition) is 0. The van der Waals surface area contributed by atoms with E-state index in [-0.39, 0.29) is 0 Å². The first-order valence-corrected chi connectivity index (χ1v) is 6.07. The maximum Gasteiger partial charge on any atom is 0.0594 e. The molecule has 0 amide bonds. The monoisotopic (exact) mass is 199 g/mol. The molecule has 1 rings (SSSR count). The van der Waals surface area contributed by atoms with Crippen molar-refractivity contribution < 1.29 is 4.74 Å². The Morgan fingerprint density at radius 1 is 1.21 bits per heavy atom. The predicted octanol–water partition coefficient (Wildman–Crippen LogP) is 2.53. The van der Waals surface area contributed by atoms with Gasteiger partial charge in [-0.1, -0.05) is 26.7 Å². The first kappa shape index (κ1) is 12.0. The van der Waals surface area contributed by atoms with Gasteiger partial charge in [0.05, 0.1) is 13.2 Å². The highest BCUT2D eigenvalue weighted by atomic mass is 16.5. The highest BCUT2D eigenvalue weighted by molar-refractivity contribution is 4.74. The molecule has 14 heavy (non-hydrogen) atoms. The van der Waals surface area contributed by atoms with E-state index in [0.717, 1.165) is 38.3 Å². The van der Waals surface area contributed by atoms with Crippen molar-refractivity contribution >= 4 is 0 Å². The third kappa shape index (κ3) is 3.58. The van der Waals surface area contributed by atoms with Crippen LogP contribution in [0.2, 0.25) is 0 Å². The Hall–Kier alpha value is -0.0800. The molecule has 0 aromatic heterocycles. The fourth-order valence-electron chi connectivity index (χ4n) is 2.11. The molecule has 84 valence electrons. The first-order chi connectivity index (χ1) is 6.75. The molecule has 1 fully saturated rings. The maximum atomic E-state index is 5.37. The van der Waals surface area contributed by atoms with Gasteiger partial charge in [-0.05, 0) is 19.3 Å². The molecule has 2 atom stereocenters. The molecule has 0 N–H and O–H groups in total. The zero-order valence-electron chi connectivity index (χ0n) is 9.96. The maximum absolute atomic E-state index is 5.37. The van der Waals surface area contributed by atoms with Crippen LogP contribution in [-0.2, 0) is 4.74 Å². The second kappa shape index (κ2) is 6.41. The topological polar surface area (TPSA) is 12.5 Å². The number of ether oxygens (including phenoxy) is 1. The summed E-state index contributed by atoms with van der Waals surface area (Å²) in [5, 5.41) is 0. The Morgan fingerprint density at radius 3 is 2.43 bits per heavy atom. The second-order valence-corrected chi connectivity index (χ2v) is 4.51. The van der Waals surface area contributed by atoms with Crippen LogP contribution in [0, 0.1) is 5.92 Å². The molecule has 0 aromatic carbocycles. The van der Waals surface area contributed by atoms with E-state index in [9.17, 15) is 0 Å². The standard InChI is InChI=1S/C12H25NO/c1-4-5-6-11(2)12(3)13-7-9-14-10-8-13/h11-12H,4-10H2,1-3H3/t11?,12-/m0/s1. The highest BCUT2D eigenvalue weighted by Crippen LogP contribution is 2.18. The van der Waals surface area contributed by atoms with Crippen molar-refractivity contribution in [2.45, 2.75) is 46.1 Å². The summed E-state index contributed by atoms with van der Waals surface area (Å²) >= 11 is 0. The molecule has 0 aromatic rings. The highest BCUT2D eigenvalue weighted by Gasteiger charge is 2.21. The Balaban J connectivity index is 2.26. The van der Waals surface area contributed by atoms with Crippen LogP contribution in [0.4, 0.5) is 0 Å². The minimum atomic E-state index is 0.727. The molecule has 1 aliphatic heterocycles. The van der Waals surface area contributed by atoms with Gasteiger partial charge in [-0.2, -0.15) is 0 Å². The Morgan fingerprint density at radius 2 is 1.86 bits per heavy atom. The van der Waals surface area contributed by atoms with Crippen LogP contribution < -0.4 is 0 Å². The van der Waals surface area contributed by atoms with Gasteiger partial charge in [0, 0.05) is 19.1 Å². The molecule has 1 aliphatic rings. The molecule has 2 heteroatoms.